The van der Waals surface area contributed by atoms with Crippen LogP contribution < -0.4 is 10.1 Å². The van der Waals surface area contributed by atoms with Crippen LogP contribution in [0.2, 0.25) is 0 Å². The molecule has 6 nitrogen and oxygen atoms in total. The normalized spacial score (nSPS) is 11.9. The van der Waals surface area contributed by atoms with Gasteiger partial charge in [0.05, 0.1) is 19.3 Å². The fourth-order valence-corrected chi connectivity index (χ4v) is 4.40. The summed E-state index contributed by atoms with van der Waals surface area (Å²) in [6, 6.07) is 13.5. The Morgan fingerprint density at radius 3 is 2.28 bits per heavy atom. The van der Waals surface area contributed by atoms with Gasteiger partial charge in [0.1, 0.15) is 5.75 Å². The van der Waals surface area contributed by atoms with Crippen molar-refractivity contribution in [3.8, 4) is 11.4 Å². The Labute approximate surface area is 194 Å². The van der Waals surface area contributed by atoms with E-state index in [0.29, 0.717) is 17.4 Å². The number of hydrogen-bond acceptors (Lipinski definition) is 5. The number of amides is 1. The van der Waals surface area contributed by atoms with Crippen molar-refractivity contribution in [1.82, 2.24) is 20.1 Å². The second-order valence-corrected chi connectivity index (χ2v) is 9.02. The van der Waals surface area contributed by atoms with Gasteiger partial charge in [-0.2, -0.15) is 0 Å². The predicted molar refractivity (Wildman–Crippen MR) is 130 cm³/mol. The van der Waals surface area contributed by atoms with Gasteiger partial charge >= 0.3 is 0 Å². The highest BCUT2D eigenvalue weighted by Gasteiger charge is 2.21. The van der Waals surface area contributed by atoms with E-state index in [1.165, 1.54) is 11.1 Å². The Bertz CT molecular complexity index is 1020. The molecule has 0 aliphatic heterocycles. The van der Waals surface area contributed by atoms with Crippen molar-refractivity contribution in [2.24, 2.45) is 0 Å². The number of methoxy groups -OCH3 is 1. The highest BCUT2D eigenvalue weighted by molar-refractivity contribution is 7.99. The van der Waals surface area contributed by atoms with Crippen LogP contribution in [0.5, 0.6) is 5.75 Å². The number of rotatable bonds is 10. The van der Waals surface area contributed by atoms with E-state index in [0.717, 1.165) is 41.7 Å². The molecular formula is C25H32N4O2S. The molecular weight excluding hydrogens is 420 g/mol. The summed E-state index contributed by atoms with van der Waals surface area (Å²) in [4.78, 5) is 12.7. The van der Waals surface area contributed by atoms with Crippen molar-refractivity contribution in [3.63, 3.8) is 0 Å². The van der Waals surface area contributed by atoms with Crippen LogP contribution in [0.4, 0.5) is 0 Å². The molecule has 1 aromatic heterocycles. The summed E-state index contributed by atoms with van der Waals surface area (Å²) in [5, 5.41) is 13.3. The van der Waals surface area contributed by atoms with Gasteiger partial charge in [0.2, 0.25) is 0 Å². The lowest BCUT2D eigenvalue weighted by molar-refractivity contribution is 0.0949. The van der Waals surface area contributed by atoms with Crippen molar-refractivity contribution >= 4 is 17.7 Å². The summed E-state index contributed by atoms with van der Waals surface area (Å²) in [5.41, 5.74) is 4.21. The zero-order valence-corrected chi connectivity index (χ0v) is 20.3. The molecule has 1 amide bonds. The highest BCUT2D eigenvalue weighted by atomic mass is 32.2. The Morgan fingerprint density at radius 1 is 1.06 bits per heavy atom. The maximum Gasteiger partial charge on any atom is 0.251 e. The minimum absolute atomic E-state index is 0.155. The summed E-state index contributed by atoms with van der Waals surface area (Å²) < 4.78 is 7.32. The molecule has 7 heteroatoms. The lowest BCUT2D eigenvalue weighted by Gasteiger charge is -2.19. The van der Waals surface area contributed by atoms with Crippen LogP contribution in [-0.2, 0) is 19.4 Å². The standard InChI is InChI=1S/C25H32N4O2S/c1-6-17(4)32-25-28-27-22(16-26-24(30)20-12-14-21(31-5)15-13-20)29(25)23-18(7-2)10-9-11-19(23)8-3/h9-15,17H,6-8,16H2,1-5H3,(H,26,30)/t17-/m1/s1. The molecule has 170 valence electrons. The number of carbonyl (C=O) groups is 1. The van der Waals surface area contributed by atoms with Crippen molar-refractivity contribution in [3.05, 3.63) is 65.0 Å². The third-order valence-corrected chi connectivity index (χ3v) is 6.74. The molecule has 0 saturated carbocycles. The van der Waals surface area contributed by atoms with Crippen molar-refractivity contribution in [1.29, 1.82) is 0 Å². The highest BCUT2D eigenvalue weighted by Crippen LogP contribution is 2.31. The molecule has 0 bridgehead atoms. The molecule has 0 aliphatic rings. The first-order valence-electron chi connectivity index (χ1n) is 11.2. The zero-order valence-electron chi connectivity index (χ0n) is 19.5. The molecule has 0 spiro atoms. The quantitative estimate of drug-likeness (QED) is 0.427. The van der Waals surface area contributed by atoms with E-state index < -0.39 is 0 Å². The summed E-state index contributed by atoms with van der Waals surface area (Å²) in [7, 11) is 1.61. The number of benzene rings is 2. The van der Waals surface area contributed by atoms with Crippen LogP contribution in [0, 0.1) is 0 Å². The molecule has 1 heterocycles. The fourth-order valence-electron chi connectivity index (χ4n) is 3.49. The second-order valence-electron chi connectivity index (χ2n) is 7.61. The number of aromatic nitrogens is 3. The number of ether oxygens (including phenoxy) is 1. The summed E-state index contributed by atoms with van der Waals surface area (Å²) in [6.45, 7) is 8.98. The fraction of sp³-hybridized carbons (Fsp3) is 0.400. The molecule has 0 fully saturated rings. The second kappa shape index (κ2) is 11.2. The predicted octanol–water partition coefficient (Wildman–Crippen LogP) is 5.22. The maximum absolute atomic E-state index is 12.7. The van der Waals surface area contributed by atoms with E-state index >= 15 is 0 Å². The van der Waals surface area contributed by atoms with Gasteiger partial charge in [0, 0.05) is 10.8 Å². The molecule has 2 aromatic carbocycles. The molecule has 1 N–H and O–H groups in total. The Kier molecular flexibility index (Phi) is 8.33. The minimum Gasteiger partial charge on any atom is -0.497 e. The number of carbonyl (C=O) groups excluding carboxylic acids is 1. The van der Waals surface area contributed by atoms with Crippen molar-refractivity contribution in [2.45, 2.75) is 63.9 Å². The molecule has 0 unspecified atom stereocenters. The van der Waals surface area contributed by atoms with E-state index in [2.05, 4.69) is 66.0 Å². The molecule has 0 radical (unpaired) electrons. The number of thioether (sulfide) groups is 1. The Morgan fingerprint density at radius 2 is 1.72 bits per heavy atom. The van der Waals surface area contributed by atoms with Gasteiger partial charge in [-0.15, -0.1) is 10.2 Å². The number of para-hydroxylation sites is 1. The number of aryl methyl sites for hydroxylation is 2. The molecule has 3 rings (SSSR count). The summed E-state index contributed by atoms with van der Waals surface area (Å²) in [6.07, 6.45) is 2.86. The van der Waals surface area contributed by atoms with Crippen LogP contribution in [0.25, 0.3) is 5.69 Å². The largest absolute Gasteiger partial charge is 0.497 e. The van der Waals surface area contributed by atoms with Crippen LogP contribution in [-0.4, -0.2) is 33.0 Å². The first-order valence-corrected chi connectivity index (χ1v) is 12.0. The lowest BCUT2D eigenvalue weighted by Crippen LogP contribution is -2.25. The first kappa shape index (κ1) is 23.9. The van der Waals surface area contributed by atoms with Crippen LogP contribution in [0.15, 0.2) is 47.6 Å². The molecule has 1 atom stereocenters. The third-order valence-electron chi connectivity index (χ3n) is 5.53. The molecule has 32 heavy (non-hydrogen) atoms. The zero-order chi connectivity index (χ0) is 23.1. The monoisotopic (exact) mass is 452 g/mol. The van der Waals surface area contributed by atoms with Gasteiger partial charge in [0.25, 0.3) is 5.91 Å². The smallest absolute Gasteiger partial charge is 0.251 e. The minimum atomic E-state index is -0.155. The van der Waals surface area contributed by atoms with Gasteiger partial charge in [-0.1, -0.05) is 57.7 Å². The van der Waals surface area contributed by atoms with Gasteiger partial charge < -0.3 is 10.1 Å². The third kappa shape index (κ3) is 5.33. The number of nitrogens with one attached hydrogen (secondary N) is 1. The maximum atomic E-state index is 12.7. The SMILES string of the molecule is CCc1cccc(CC)c1-n1c(CNC(=O)c2ccc(OC)cc2)nnc1S[C@H](C)CC. The van der Waals surface area contributed by atoms with Gasteiger partial charge in [-0.25, -0.2) is 0 Å². The first-order chi connectivity index (χ1) is 15.5. The van der Waals surface area contributed by atoms with E-state index in [4.69, 9.17) is 4.74 Å². The van der Waals surface area contributed by atoms with E-state index in [1.807, 2.05) is 0 Å². The Hall–Kier alpha value is -2.80. The molecule has 3 aromatic rings. The summed E-state index contributed by atoms with van der Waals surface area (Å²) in [5.74, 6) is 1.29. The molecule has 0 saturated heterocycles. The van der Waals surface area contributed by atoms with Crippen LogP contribution >= 0.6 is 11.8 Å². The Balaban J connectivity index is 1.95. The molecule has 0 aliphatic carbocycles. The number of hydrogen-bond donors (Lipinski definition) is 1. The average Bonchev–Trinajstić information content (AvgIpc) is 3.23. The number of nitrogens with zero attached hydrogens (tertiary/aromatic N) is 3. The van der Waals surface area contributed by atoms with Gasteiger partial charge in [0.15, 0.2) is 11.0 Å². The van der Waals surface area contributed by atoms with Crippen LogP contribution in [0.3, 0.4) is 0 Å². The lowest BCUT2D eigenvalue weighted by atomic mass is 10.0. The summed E-state index contributed by atoms with van der Waals surface area (Å²) >= 11 is 1.72. The van der Waals surface area contributed by atoms with Gasteiger partial charge in [-0.05, 0) is 54.7 Å². The van der Waals surface area contributed by atoms with E-state index in [9.17, 15) is 4.79 Å². The van der Waals surface area contributed by atoms with Crippen molar-refractivity contribution in [2.75, 3.05) is 7.11 Å². The van der Waals surface area contributed by atoms with E-state index in [-0.39, 0.29) is 5.91 Å². The average molecular weight is 453 g/mol. The van der Waals surface area contributed by atoms with Crippen LogP contribution in [0.1, 0.15) is 61.4 Å². The van der Waals surface area contributed by atoms with E-state index in [1.54, 1.807) is 43.1 Å². The van der Waals surface area contributed by atoms with Crippen molar-refractivity contribution < 1.29 is 9.53 Å². The topological polar surface area (TPSA) is 69.0 Å². The van der Waals surface area contributed by atoms with Gasteiger partial charge in [-0.3, -0.25) is 9.36 Å².